The number of allylic oxidation sites excluding steroid dienone is 4. The van der Waals surface area contributed by atoms with Gasteiger partial charge in [-0.05, 0) is 85.2 Å². The molecule has 0 aromatic rings. The van der Waals surface area contributed by atoms with E-state index in [-0.39, 0.29) is 34.4 Å². The van der Waals surface area contributed by atoms with Gasteiger partial charge in [-0.25, -0.2) is 0 Å². The second-order valence-corrected chi connectivity index (χ2v) is 13.0. The average molecular weight is 455 g/mol. The van der Waals surface area contributed by atoms with Crippen molar-refractivity contribution in [1.29, 1.82) is 0 Å². The van der Waals surface area contributed by atoms with E-state index in [0.29, 0.717) is 30.0 Å². The maximum Gasteiger partial charge on any atom is 0.138 e. The van der Waals surface area contributed by atoms with Crippen molar-refractivity contribution in [3.63, 3.8) is 0 Å². The van der Waals surface area contributed by atoms with Crippen LogP contribution in [0, 0.1) is 39.4 Å². The number of aliphatic hydroxyl groups is 2. The zero-order valence-electron chi connectivity index (χ0n) is 22.0. The summed E-state index contributed by atoms with van der Waals surface area (Å²) in [5, 5.41) is 20.9. The number of hydrogen-bond donors (Lipinski definition) is 2. The molecule has 0 aliphatic heterocycles. The van der Waals surface area contributed by atoms with Crippen LogP contribution in [0.4, 0.5) is 0 Å². The van der Waals surface area contributed by atoms with Gasteiger partial charge in [-0.15, -0.1) is 0 Å². The summed E-state index contributed by atoms with van der Waals surface area (Å²) in [6.45, 7) is 15.9. The number of fused-ring (bicyclic) bond motifs is 5. The van der Waals surface area contributed by atoms with Crippen LogP contribution in [-0.2, 0) is 4.79 Å². The Bertz CT molecular complexity index is 908. The van der Waals surface area contributed by atoms with Gasteiger partial charge >= 0.3 is 0 Å². The van der Waals surface area contributed by atoms with Gasteiger partial charge in [0.1, 0.15) is 5.78 Å². The average Bonchev–Trinajstić information content (AvgIpc) is 2.98. The van der Waals surface area contributed by atoms with Gasteiger partial charge in [0.25, 0.3) is 0 Å². The molecule has 33 heavy (non-hydrogen) atoms. The summed E-state index contributed by atoms with van der Waals surface area (Å²) in [5.74, 6) is 1.73. The minimum absolute atomic E-state index is 0.0157. The molecule has 7 atom stereocenters. The Morgan fingerprint density at radius 2 is 1.88 bits per heavy atom. The molecule has 0 aromatic carbocycles. The van der Waals surface area contributed by atoms with Gasteiger partial charge in [-0.1, -0.05) is 65.3 Å². The zero-order chi connectivity index (χ0) is 24.4. The first-order valence-corrected chi connectivity index (χ1v) is 13.2. The van der Waals surface area contributed by atoms with Crippen LogP contribution in [0.3, 0.4) is 0 Å². The smallest absolute Gasteiger partial charge is 0.138 e. The molecule has 2 fully saturated rings. The Morgan fingerprint density at radius 3 is 2.55 bits per heavy atom. The largest absolute Gasteiger partial charge is 0.392 e. The molecule has 4 rings (SSSR count). The fourth-order valence-electron chi connectivity index (χ4n) is 8.61. The van der Waals surface area contributed by atoms with Crippen molar-refractivity contribution in [3.8, 4) is 0 Å². The van der Waals surface area contributed by atoms with Gasteiger partial charge < -0.3 is 10.2 Å². The summed E-state index contributed by atoms with van der Waals surface area (Å²) in [4.78, 5) is 12.8. The second kappa shape index (κ2) is 8.19. The molecule has 0 spiro atoms. The molecule has 4 aliphatic carbocycles. The van der Waals surface area contributed by atoms with Crippen LogP contribution in [0.1, 0.15) is 93.4 Å². The van der Waals surface area contributed by atoms with Gasteiger partial charge in [-0.2, -0.15) is 0 Å². The van der Waals surface area contributed by atoms with E-state index in [1.54, 1.807) is 0 Å². The summed E-state index contributed by atoms with van der Waals surface area (Å²) < 4.78 is 0. The third-order valence-electron chi connectivity index (χ3n) is 11.2. The van der Waals surface area contributed by atoms with E-state index in [1.807, 2.05) is 6.92 Å². The quantitative estimate of drug-likeness (QED) is 0.472. The van der Waals surface area contributed by atoms with Crippen molar-refractivity contribution in [1.82, 2.24) is 0 Å². The maximum atomic E-state index is 12.8. The third-order valence-corrected chi connectivity index (χ3v) is 11.2. The molecule has 0 bridgehead atoms. The number of rotatable bonds is 5. The maximum absolute atomic E-state index is 12.8. The van der Waals surface area contributed by atoms with E-state index >= 15 is 0 Å². The molecule has 4 aliphatic rings. The Morgan fingerprint density at radius 1 is 1.18 bits per heavy atom. The molecular weight excluding hydrogens is 408 g/mol. The molecule has 3 heteroatoms. The highest BCUT2D eigenvalue weighted by Crippen LogP contribution is 2.71. The number of carbonyl (C=O) groups is 1. The lowest BCUT2D eigenvalue weighted by molar-refractivity contribution is -0.138. The molecular formula is C30H46O3. The SMILES string of the molecule is C/C(=C/CC[C@@H](C)[C@H]1C[C@H](O)[C@@]2(C)C3=CC[C@@H]4C(C)(C)C(=O)CC[C@]4(C)C3=CC[C@]12C)CO. The van der Waals surface area contributed by atoms with Crippen LogP contribution in [0.2, 0.25) is 0 Å². The molecule has 3 nitrogen and oxygen atoms in total. The number of hydrogen-bond acceptors (Lipinski definition) is 3. The zero-order valence-corrected chi connectivity index (χ0v) is 22.0. The lowest BCUT2D eigenvalue weighted by Gasteiger charge is -2.60. The first kappa shape index (κ1) is 24.9. The van der Waals surface area contributed by atoms with Crippen LogP contribution in [0.5, 0.6) is 0 Å². The summed E-state index contributed by atoms with van der Waals surface area (Å²) >= 11 is 0. The van der Waals surface area contributed by atoms with Gasteiger partial charge in [0.05, 0.1) is 12.7 Å². The van der Waals surface area contributed by atoms with Crippen molar-refractivity contribution in [2.24, 2.45) is 39.4 Å². The van der Waals surface area contributed by atoms with E-state index < -0.39 is 0 Å². The topological polar surface area (TPSA) is 57.5 Å². The fourth-order valence-corrected chi connectivity index (χ4v) is 8.61. The summed E-state index contributed by atoms with van der Waals surface area (Å²) in [6.07, 6.45) is 13.2. The highest BCUT2D eigenvalue weighted by Gasteiger charge is 2.66. The Kier molecular flexibility index (Phi) is 6.19. The molecule has 0 radical (unpaired) electrons. The first-order valence-electron chi connectivity index (χ1n) is 13.2. The summed E-state index contributed by atoms with van der Waals surface area (Å²) in [5.41, 5.74) is 3.38. The molecule has 2 N–H and O–H groups in total. The number of Topliss-reactive ketones (excluding diaryl/α,β-unsaturated/α-hetero) is 1. The van der Waals surface area contributed by atoms with Crippen molar-refractivity contribution in [3.05, 3.63) is 34.9 Å². The molecule has 0 unspecified atom stereocenters. The fraction of sp³-hybridized carbons (Fsp3) is 0.767. The number of aliphatic hydroxyl groups excluding tert-OH is 2. The van der Waals surface area contributed by atoms with Crippen molar-refractivity contribution in [2.75, 3.05) is 6.61 Å². The first-order chi connectivity index (χ1) is 15.3. The minimum atomic E-state index is -0.335. The van der Waals surface area contributed by atoms with Gasteiger partial charge in [0.15, 0.2) is 0 Å². The Hall–Kier alpha value is -1.19. The van der Waals surface area contributed by atoms with Crippen molar-refractivity contribution >= 4 is 5.78 Å². The Balaban J connectivity index is 1.68. The van der Waals surface area contributed by atoms with E-state index in [1.165, 1.54) is 11.1 Å². The molecule has 2 saturated carbocycles. The van der Waals surface area contributed by atoms with Crippen LogP contribution in [-0.4, -0.2) is 28.7 Å². The van der Waals surface area contributed by atoms with Crippen LogP contribution in [0.15, 0.2) is 34.9 Å². The van der Waals surface area contributed by atoms with Crippen molar-refractivity contribution in [2.45, 2.75) is 99.5 Å². The van der Waals surface area contributed by atoms with Crippen molar-refractivity contribution < 1.29 is 15.0 Å². The highest BCUT2D eigenvalue weighted by atomic mass is 16.3. The Labute approximate surface area is 201 Å². The monoisotopic (exact) mass is 454 g/mol. The van der Waals surface area contributed by atoms with Gasteiger partial charge in [0, 0.05) is 17.3 Å². The lowest BCUT2D eigenvalue weighted by atomic mass is 9.44. The normalized spacial score (nSPS) is 43.2. The second-order valence-electron chi connectivity index (χ2n) is 13.0. The third kappa shape index (κ3) is 3.39. The predicted octanol–water partition coefficient (Wildman–Crippen LogP) is 6.41. The lowest BCUT2D eigenvalue weighted by Crippen LogP contribution is -2.54. The standard InChI is InChI=1S/C30H46O3/c1-19(18-31)9-8-10-20(2)23-17-26(33)30(7)22-11-12-24-27(3,4)25(32)14-15-28(24,5)21(22)13-16-29(23,30)6/h9,11,13,20,23-24,26,31,33H,8,10,12,14-18H2,1-7H3/b19-9-/t20-,23-,24-,26+,28-,29-,30-/m1/s1. The van der Waals surface area contributed by atoms with Crippen LogP contribution < -0.4 is 0 Å². The predicted molar refractivity (Wildman–Crippen MR) is 135 cm³/mol. The van der Waals surface area contributed by atoms with E-state index in [9.17, 15) is 15.0 Å². The molecule has 0 aromatic heterocycles. The summed E-state index contributed by atoms with van der Waals surface area (Å²) in [6, 6.07) is 0. The van der Waals surface area contributed by atoms with Gasteiger partial charge in [0.2, 0.25) is 0 Å². The number of ketones is 1. The van der Waals surface area contributed by atoms with E-state index in [2.05, 4.69) is 59.8 Å². The minimum Gasteiger partial charge on any atom is -0.392 e. The highest BCUT2D eigenvalue weighted by molar-refractivity contribution is 5.86. The van der Waals surface area contributed by atoms with Gasteiger partial charge in [-0.3, -0.25) is 4.79 Å². The molecule has 0 amide bonds. The molecule has 0 heterocycles. The number of carbonyl (C=O) groups excluding carboxylic acids is 1. The van der Waals surface area contributed by atoms with Crippen LogP contribution >= 0.6 is 0 Å². The molecule has 0 saturated heterocycles. The van der Waals surface area contributed by atoms with E-state index in [4.69, 9.17) is 0 Å². The summed E-state index contributed by atoms with van der Waals surface area (Å²) in [7, 11) is 0. The van der Waals surface area contributed by atoms with Crippen LogP contribution in [0.25, 0.3) is 0 Å². The molecule has 184 valence electrons. The van der Waals surface area contributed by atoms with E-state index in [0.717, 1.165) is 44.1 Å².